The van der Waals surface area contributed by atoms with Crippen molar-refractivity contribution in [3.63, 3.8) is 0 Å². The van der Waals surface area contributed by atoms with Crippen LogP contribution in [0.15, 0.2) is 41.5 Å². The van der Waals surface area contributed by atoms with Gasteiger partial charge in [0.25, 0.3) is 0 Å². The first kappa shape index (κ1) is 12.5. The van der Waals surface area contributed by atoms with Crippen LogP contribution in [0.5, 0.6) is 5.75 Å². The molecule has 0 radical (unpaired) electrons. The Balaban J connectivity index is 1.60. The van der Waals surface area contributed by atoms with Gasteiger partial charge < -0.3 is 4.74 Å². The van der Waals surface area contributed by atoms with Gasteiger partial charge in [0.2, 0.25) is 0 Å². The molecule has 1 fully saturated rings. The van der Waals surface area contributed by atoms with Gasteiger partial charge in [-0.1, -0.05) is 6.07 Å². The maximum Gasteiger partial charge on any atom is 0.328 e. The van der Waals surface area contributed by atoms with E-state index in [1.165, 1.54) is 0 Å². The van der Waals surface area contributed by atoms with Crippen LogP contribution in [0, 0.1) is 11.3 Å². The zero-order chi connectivity index (χ0) is 13.9. The van der Waals surface area contributed by atoms with Crippen LogP contribution < -0.4 is 10.4 Å². The van der Waals surface area contributed by atoms with Crippen molar-refractivity contribution < 1.29 is 4.74 Å². The summed E-state index contributed by atoms with van der Waals surface area (Å²) >= 11 is 0. The molecule has 0 saturated heterocycles. The molecule has 5 nitrogen and oxygen atoms in total. The van der Waals surface area contributed by atoms with Crippen molar-refractivity contribution in [3.8, 4) is 11.8 Å². The van der Waals surface area contributed by atoms with Crippen LogP contribution in [-0.4, -0.2) is 15.7 Å². The maximum atomic E-state index is 12.0. The zero-order valence-electron chi connectivity index (χ0n) is 11.0. The predicted octanol–water partition coefficient (Wildman–Crippen LogP) is 1.94. The van der Waals surface area contributed by atoms with Gasteiger partial charge in [-0.25, -0.2) is 4.79 Å². The molecule has 1 aliphatic rings. The fourth-order valence-corrected chi connectivity index (χ4v) is 2.15. The standard InChI is InChI=1S/C15H15N3O2/c16-11-12-2-1-3-14(10-12)20-9-8-17-6-7-18(15(17)19)13-4-5-13/h1-3,6-7,10,13H,4-5,8-9H2. The summed E-state index contributed by atoms with van der Waals surface area (Å²) in [4.78, 5) is 12.0. The molecule has 1 aromatic heterocycles. The molecule has 0 spiro atoms. The highest BCUT2D eigenvalue weighted by Gasteiger charge is 2.25. The average molecular weight is 269 g/mol. The van der Waals surface area contributed by atoms with E-state index >= 15 is 0 Å². The summed E-state index contributed by atoms with van der Waals surface area (Å²) in [5.74, 6) is 0.652. The smallest absolute Gasteiger partial charge is 0.328 e. The number of hydrogen-bond acceptors (Lipinski definition) is 3. The lowest BCUT2D eigenvalue weighted by molar-refractivity contribution is 0.295. The minimum Gasteiger partial charge on any atom is -0.492 e. The lowest BCUT2D eigenvalue weighted by Gasteiger charge is -2.06. The van der Waals surface area contributed by atoms with Crippen molar-refractivity contribution >= 4 is 0 Å². The summed E-state index contributed by atoms with van der Waals surface area (Å²) in [6, 6.07) is 9.48. The van der Waals surface area contributed by atoms with Crippen LogP contribution in [0.2, 0.25) is 0 Å². The van der Waals surface area contributed by atoms with Gasteiger partial charge in [0.1, 0.15) is 12.4 Å². The van der Waals surface area contributed by atoms with E-state index < -0.39 is 0 Å². The molecule has 5 heteroatoms. The Morgan fingerprint density at radius 1 is 1.35 bits per heavy atom. The number of rotatable bonds is 5. The second kappa shape index (κ2) is 5.25. The fraction of sp³-hybridized carbons (Fsp3) is 0.333. The minimum atomic E-state index is 0.0295. The summed E-state index contributed by atoms with van der Waals surface area (Å²) in [5, 5.41) is 8.81. The van der Waals surface area contributed by atoms with E-state index in [1.807, 2.05) is 6.20 Å². The molecule has 0 N–H and O–H groups in total. The normalized spacial score (nSPS) is 13.9. The molecule has 0 bridgehead atoms. The Morgan fingerprint density at radius 3 is 2.95 bits per heavy atom. The SMILES string of the molecule is N#Cc1cccc(OCCn2ccn(C3CC3)c2=O)c1. The van der Waals surface area contributed by atoms with Crippen LogP contribution >= 0.6 is 0 Å². The third-order valence-electron chi connectivity index (χ3n) is 3.38. The fourth-order valence-electron chi connectivity index (χ4n) is 2.15. The van der Waals surface area contributed by atoms with E-state index in [0.29, 0.717) is 30.5 Å². The van der Waals surface area contributed by atoms with Crippen LogP contribution in [0.3, 0.4) is 0 Å². The van der Waals surface area contributed by atoms with Gasteiger partial charge in [-0.3, -0.25) is 9.13 Å². The number of imidazole rings is 1. The number of benzene rings is 1. The number of ether oxygens (including phenoxy) is 1. The molecule has 3 rings (SSSR count). The molecule has 1 aromatic carbocycles. The van der Waals surface area contributed by atoms with Crippen LogP contribution in [-0.2, 0) is 6.54 Å². The Bertz CT molecular complexity index is 704. The molecule has 102 valence electrons. The highest BCUT2D eigenvalue weighted by atomic mass is 16.5. The third kappa shape index (κ3) is 2.59. The molecular weight excluding hydrogens is 254 g/mol. The molecule has 20 heavy (non-hydrogen) atoms. The maximum absolute atomic E-state index is 12.0. The van der Waals surface area contributed by atoms with Gasteiger partial charge in [0, 0.05) is 18.4 Å². The first-order chi connectivity index (χ1) is 9.78. The van der Waals surface area contributed by atoms with Gasteiger partial charge in [0.15, 0.2) is 0 Å². The molecule has 0 atom stereocenters. The molecule has 1 heterocycles. The molecule has 0 amide bonds. The Kier molecular flexibility index (Phi) is 3.30. The second-order valence-corrected chi connectivity index (χ2v) is 4.90. The Morgan fingerprint density at radius 2 is 2.20 bits per heavy atom. The van der Waals surface area contributed by atoms with E-state index in [-0.39, 0.29) is 5.69 Å². The van der Waals surface area contributed by atoms with Crippen molar-refractivity contribution in [3.05, 3.63) is 52.7 Å². The van der Waals surface area contributed by atoms with Crippen LogP contribution in [0.1, 0.15) is 24.4 Å². The molecule has 0 unspecified atom stereocenters. The summed E-state index contributed by atoms with van der Waals surface area (Å²) in [6.07, 6.45) is 5.84. The topological polar surface area (TPSA) is 59.9 Å². The number of aromatic nitrogens is 2. The molecule has 1 saturated carbocycles. The summed E-state index contributed by atoms with van der Waals surface area (Å²) in [6.45, 7) is 0.915. The van der Waals surface area contributed by atoms with Crippen molar-refractivity contribution in [2.24, 2.45) is 0 Å². The highest BCUT2D eigenvalue weighted by molar-refractivity contribution is 5.36. The van der Waals surface area contributed by atoms with E-state index in [1.54, 1.807) is 39.6 Å². The van der Waals surface area contributed by atoms with Gasteiger partial charge in [-0.2, -0.15) is 5.26 Å². The van der Waals surface area contributed by atoms with E-state index in [2.05, 4.69) is 6.07 Å². The zero-order valence-corrected chi connectivity index (χ0v) is 11.0. The predicted molar refractivity (Wildman–Crippen MR) is 73.6 cm³/mol. The molecule has 0 aliphatic heterocycles. The van der Waals surface area contributed by atoms with Crippen LogP contribution in [0.4, 0.5) is 0 Å². The lowest BCUT2D eigenvalue weighted by Crippen LogP contribution is -2.25. The first-order valence-electron chi connectivity index (χ1n) is 6.68. The summed E-state index contributed by atoms with van der Waals surface area (Å²) < 4.78 is 9.02. The minimum absolute atomic E-state index is 0.0295. The van der Waals surface area contributed by atoms with Crippen molar-refractivity contribution in [2.75, 3.05) is 6.61 Å². The van der Waals surface area contributed by atoms with Crippen molar-refractivity contribution in [1.82, 2.24) is 9.13 Å². The first-order valence-corrected chi connectivity index (χ1v) is 6.68. The van der Waals surface area contributed by atoms with E-state index in [4.69, 9.17) is 10.00 Å². The molecule has 1 aliphatic carbocycles. The monoisotopic (exact) mass is 269 g/mol. The Hall–Kier alpha value is -2.48. The Labute approximate surface area is 116 Å². The van der Waals surface area contributed by atoms with E-state index in [0.717, 1.165) is 12.8 Å². The van der Waals surface area contributed by atoms with E-state index in [9.17, 15) is 4.79 Å². The number of nitriles is 1. The summed E-state index contributed by atoms with van der Waals surface area (Å²) in [5.41, 5.74) is 0.599. The van der Waals surface area contributed by atoms with Gasteiger partial charge >= 0.3 is 5.69 Å². The lowest BCUT2D eigenvalue weighted by atomic mass is 10.2. The third-order valence-corrected chi connectivity index (χ3v) is 3.38. The summed E-state index contributed by atoms with van der Waals surface area (Å²) in [7, 11) is 0. The largest absolute Gasteiger partial charge is 0.492 e. The highest BCUT2D eigenvalue weighted by Crippen LogP contribution is 2.33. The molecule has 2 aromatic rings. The van der Waals surface area contributed by atoms with Gasteiger partial charge in [0.05, 0.1) is 18.2 Å². The number of hydrogen-bond donors (Lipinski definition) is 0. The van der Waals surface area contributed by atoms with Gasteiger partial charge in [-0.15, -0.1) is 0 Å². The van der Waals surface area contributed by atoms with Crippen LogP contribution in [0.25, 0.3) is 0 Å². The molecular formula is C15H15N3O2. The van der Waals surface area contributed by atoms with Crippen molar-refractivity contribution in [2.45, 2.75) is 25.4 Å². The van der Waals surface area contributed by atoms with Gasteiger partial charge in [-0.05, 0) is 31.0 Å². The quantitative estimate of drug-likeness (QED) is 0.833. The average Bonchev–Trinajstić information content (AvgIpc) is 3.25. The van der Waals surface area contributed by atoms with Crippen molar-refractivity contribution in [1.29, 1.82) is 5.26 Å². The second-order valence-electron chi connectivity index (χ2n) is 4.90. The number of nitrogens with zero attached hydrogens (tertiary/aromatic N) is 3.